The number of nitrogen functional groups attached to an aromatic ring is 1. The van der Waals surface area contributed by atoms with Gasteiger partial charge >= 0.3 is 0 Å². The van der Waals surface area contributed by atoms with E-state index >= 15 is 0 Å². The summed E-state index contributed by atoms with van der Waals surface area (Å²) in [4.78, 5) is 5.82. The van der Waals surface area contributed by atoms with Gasteiger partial charge in [-0.15, -0.1) is 23.1 Å². The molecule has 3 aromatic rings. The predicted octanol–water partition coefficient (Wildman–Crippen LogP) is 6.46. The molecule has 0 aliphatic rings. The minimum Gasteiger partial charge on any atom is -0.397 e. The molecule has 0 unspecified atom stereocenters. The molecule has 1 aromatic carbocycles. The Hall–Kier alpha value is -1.52. The number of aromatic nitrogens is 1. The molecule has 0 saturated carbocycles. The van der Waals surface area contributed by atoms with Gasteiger partial charge in [0.15, 0.2) is 0 Å². The van der Waals surface area contributed by atoms with Crippen LogP contribution in [-0.4, -0.2) is 10.7 Å². The Morgan fingerprint density at radius 3 is 2.52 bits per heavy atom. The summed E-state index contributed by atoms with van der Waals surface area (Å²) < 4.78 is 1.20. The van der Waals surface area contributed by atoms with Gasteiger partial charge in [-0.3, -0.25) is 0 Å². The van der Waals surface area contributed by atoms with Gasteiger partial charge in [0, 0.05) is 10.9 Å². The topological polar surface area (TPSA) is 38.9 Å². The molecule has 3 rings (SSSR count). The summed E-state index contributed by atoms with van der Waals surface area (Å²) in [5.41, 5.74) is 9.31. The molecule has 2 N–H and O–H groups in total. The van der Waals surface area contributed by atoms with E-state index in [4.69, 9.17) is 10.7 Å². The van der Waals surface area contributed by atoms with Crippen LogP contribution in [0.3, 0.4) is 0 Å². The van der Waals surface area contributed by atoms with Gasteiger partial charge < -0.3 is 5.73 Å². The van der Waals surface area contributed by atoms with Crippen molar-refractivity contribution in [2.24, 2.45) is 0 Å². The van der Waals surface area contributed by atoms with E-state index in [1.165, 1.54) is 17.1 Å². The number of rotatable bonds is 5. The standard InChI is InChI=1S/C17H18N2S2.C2H6/c1-2-3-11-20-17-15(18)13-9-10-14(19-16(13)21-17)12-7-5-4-6-8-12;1-2/h4-10H,2-3,11,18H2,1H3;1-2H3. The van der Waals surface area contributed by atoms with Crippen molar-refractivity contribution in [2.75, 3.05) is 11.5 Å². The SMILES string of the molecule is CC.CCCCSc1sc2nc(-c3ccccc3)ccc2c1N. The van der Waals surface area contributed by atoms with Gasteiger partial charge in [0.1, 0.15) is 4.83 Å². The highest BCUT2D eigenvalue weighted by Crippen LogP contribution is 2.40. The van der Waals surface area contributed by atoms with Crippen LogP contribution >= 0.6 is 23.1 Å². The first kappa shape index (κ1) is 17.8. The van der Waals surface area contributed by atoms with E-state index in [0.29, 0.717) is 0 Å². The molecule has 122 valence electrons. The maximum absolute atomic E-state index is 6.26. The van der Waals surface area contributed by atoms with E-state index in [1.54, 1.807) is 11.3 Å². The molecule has 2 aromatic heterocycles. The molecule has 0 fully saturated rings. The number of pyridine rings is 1. The van der Waals surface area contributed by atoms with E-state index in [9.17, 15) is 0 Å². The van der Waals surface area contributed by atoms with Crippen LogP contribution < -0.4 is 5.73 Å². The Morgan fingerprint density at radius 1 is 1.09 bits per heavy atom. The maximum atomic E-state index is 6.26. The smallest absolute Gasteiger partial charge is 0.127 e. The van der Waals surface area contributed by atoms with Crippen molar-refractivity contribution in [2.45, 2.75) is 37.8 Å². The molecule has 0 aliphatic heterocycles. The van der Waals surface area contributed by atoms with Gasteiger partial charge in [-0.25, -0.2) is 4.98 Å². The first-order chi connectivity index (χ1) is 11.3. The summed E-state index contributed by atoms with van der Waals surface area (Å²) in [7, 11) is 0. The van der Waals surface area contributed by atoms with Gasteiger partial charge in [-0.05, 0) is 24.3 Å². The molecule has 23 heavy (non-hydrogen) atoms. The molecule has 4 heteroatoms. The van der Waals surface area contributed by atoms with Crippen LogP contribution in [0.15, 0.2) is 46.7 Å². The van der Waals surface area contributed by atoms with E-state index in [-0.39, 0.29) is 0 Å². The second-order valence-electron chi connectivity index (χ2n) is 4.92. The molecular formula is C19H24N2S2. The van der Waals surface area contributed by atoms with Crippen molar-refractivity contribution in [3.63, 3.8) is 0 Å². The number of nitrogens with two attached hydrogens (primary N) is 1. The average Bonchev–Trinajstić information content (AvgIpc) is 2.93. The molecule has 0 atom stereocenters. The van der Waals surface area contributed by atoms with Gasteiger partial charge in [0.05, 0.1) is 15.6 Å². The van der Waals surface area contributed by atoms with Crippen LogP contribution in [0.1, 0.15) is 33.6 Å². The van der Waals surface area contributed by atoms with Crippen LogP contribution in [0, 0.1) is 0 Å². The fourth-order valence-electron chi connectivity index (χ4n) is 2.16. The second-order valence-corrected chi connectivity index (χ2v) is 7.28. The lowest BCUT2D eigenvalue weighted by Gasteiger charge is -2.00. The van der Waals surface area contributed by atoms with Crippen LogP contribution in [0.4, 0.5) is 5.69 Å². The lowest BCUT2D eigenvalue weighted by Crippen LogP contribution is -1.86. The van der Waals surface area contributed by atoms with E-state index in [2.05, 4.69) is 31.2 Å². The van der Waals surface area contributed by atoms with Crippen molar-refractivity contribution < 1.29 is 0 Å². The van der Waals surface area contributed by atoms with Gasteiger partial charge in [-0.2, -0.15) is 0 Å². The number of hydrogen-bond donors (Lipinski definition) is 1. The number of fused-ring (bicyclic) bond motifs is 1. The van der Waals surface area contributed by atoms with Gasteiger partial charge in [0.25, 0.3) is 0 Å². The highest BCUT2D eigenvalue weighted by atomic mass is 32.2. The van der Waals surface area contributed by atoms with E-state index in [1.807, 2.05) is 43.8 Å². The molecule has 0 amide bonds. The van der Waals surface area contributed by atoms with Crippen LogP contribution in [0.25, 0.3) is 21.5 Å². The number of unbranched alkanes of at least 4 members (excludes halogenated alkanes) is 1. The molecule has 2 nitrogen and oxygen atoms in total. The molecule has 0 spiro atoms. The molecule has 2 heterocycles. The third-order valence-electron chi connectivity index (χ3n) is 3.36. The van der Waals surface area contributed by atoms with Crippen molar-refractivity contribution in [1.82, 2.24) is 4.98 Å². The Bertz CT molecular complexity index is 736. The maximum Gasteiger partial charge on any atom is 0.127 e. The van der Waals surface area contributed by atoms with Crippen LogP contribution in [-0.2, 0) is 0 Å². The number of thiophene rings is 1. The van der Waals surface area contributed by atoms with E-state index < -0.39 is 0 Å². The normalized spacial score (nSPS) is 10.4. The first-order valence-electron chi connectivity index (χ1n) is 8.17. The Balaban J connectivity index is 0.000000924. The number of benzene rings is 1. The largest absolute Gasteiger partial charge is 0.397 e. The summed E-state index contributed by atoms with van der Waals surface area (Å²) in [6.45, 7) is 6.21. The highest BCUT2D eigenvalue weighted by Gasteiger charge is 2.11. The zero-order valence-electron chi connectivity index (χ0n) is 14.0. The number of anilines is 1. The summed E-state index contributed by atoms with van der Waals surface area (Å²) >= 11 is 3.56. The molecule has 0 aliphatic carbocycles. The lowest BCUT2D eigenvalue weighted by molar-refractivity contribution is 0.897. The van der Waals surface area contributed by atoms with E-state index in [0.717, 1.165) is 32.9 Å². The minimum absolute atomic E-state index is 0.892. The zero-order valence-corrected chi connectivity index (χ0v) is 15.6. The van der Waals surface area contributed by atoms with Crippen molar-refractivity contribution in [3.05, 3.63) is 42.5 Å². The van der Waals surface area contributed by atoms with Crippen molar-refractivity contribution >= 4 is 39.0 Å². The third-order valence-corrected chi connectivity index (χ3v) is 5.85. The summed E-state index contributed by atoms with van der Waals surface area (Å²) in [5.74, 6) is 1.12. The number of hydrogen-bond acceptors (Lipinski definition) is 4. The van der Waals surface area contributed by atoms with Crippen LogP contribution in [0.5, 0.6) is 0 Å². The first-order valence-corrected chi connectivity index (χ1v) is 9.97. The Labute approximate surface area is 147 Å². The highest BCUT2D eigenvalue weighted by molar-refractivity contribution is 8.01. The predicted molar refractivity (Wildman–Crippen MR) is 106 cm³/mol. The molecule has 0 bridgehead atoms. The Kier molecular flexibility index (Phi) is 6.93. The molecular weight excluding hydrogens is 320 g/mol. The van der Waals surface area contributed by atoms with Crippen molar-refractivity contribution in [3.8, 4) is 11.3 Å². The molecule has 0 radical (unpaired) electrons. The van der Waals surface area contributed by atoms with Crippen LogP contribution in [0.2, 0.25) is 0 Å². The average molecular weight is 345 g/mol. The number of nitrogens with zero attached hydrogens (tertiary/aromatic N) is 1. The molecule has 0 saturated heterocycles. The quantitative estimate of drug-likeness (QED) is 0.426. The summed E-state index contributed by atoms with van der Waals surface area (Å²) in [6.07, 6.45) is 2.44. The fraction of sp³-hybridized carbons (Fsp3) is 0.316. The van der Waals surface area contributed by atoms with Crippen molar-refractivity contribution in [1.29, 1.82) is 0 Å². The lowest BCUT2D eigenvalue weighted by atomic mass is 10.1. The zero-order chi connectivity index (χ0) is 16.7. The second kappa shape index (κ2) is 8.94. The van der Waals surface area contributed by atoms with Gasteiger partial charge in [-0.1, -0.05) is 57.5 Å². The Morgan fingerprint density at radius 2 is 1.83 bits per heavy atom. The monoisotopic (exact) mass is 344 g/mol. The fourth-order valence-corrected chi connectivity index (χ4v) is 4.60. The third kappa shape index (κ3) is 4.27. The summed E-state index contributed by atoms with van der Waals surface area (Å²) in [6, 6.07) is 14.4. The van der Waals surface area contributed by atoms with Gasteiger partial charge in [0.2, 0.25) is 0 Å². The summed E-state index contributed by atoms with van der Waals surface area (Å²) in [5, 5.41) is 1.08. The minimum atomic E-state index is 0.892. The number of thioether (sulfide) groups is 1.